The van der Waals surface area contributed by atoms with Gasteiger partial charge >= 0.3 is 0 Å². The molecule has 3 rings (SSSR count). The van der Waals surface area contributed by atoms with Crippen LogP contribution in [-0.2, 0) is 6.54 Å². The lowest BCUT2D eigenvalue weighted by molar-refractivity contribution is 0.0956. The lowest BCUT2D eigenvalue weighted by atomic mass is 10.2. The minimum atomic E-state index is -0.166. The standard InChI is InChI=1S/C14H11BrN2O2S/c15-9-1-2-10-11(5-9)20-13(12(10)16)14(18)17-6-8-3-4-19-7-8/h1-5,7H,6,16H2,(H,17,18). The highest BCUT2D eigenvalue weighted by Crippen LogP contribution is 2.35. The van der Waals surface area contributed by atoms with Gasteiger partial charge < -0.3 is 15.5 Å². The molecule has 1 aromatic carbocycles. The van der Waals surface area contributed by atoms with Gasteiger partial charge in [-0.25, -0.2) is 0 Å². The molecule has 0 saturated heterocycles. The largest absolute Gasteiger partial charge is 0.472 e. The van der Waals surface area contributed by atoms with Crippen LogP contribution in [0.5, 0.6) is 0 Å². The third-order valence-electron chi connectivity index (χ3n) is 2.93. The van der Waals surface area contributed by atoms with Crippen molar-refractivity contribution in [3.8, 4) is 0 Å². The maximum Gasteiger partial charge on any atom is 0.263 e. The van der Waals surface area contributed by atoms with Crippen LogP contribution in [-0.4, -0.2) is 5.91 Å². The van der Waals surface area contributed by atoms with E-state index in [1.54, 1.807) is 12.5 Å². The Bertz CT molecular complexity index is 765. The first-order valence-electron chi connectivity index (χ1n) is 5.92. The maximum atomic E-state index is 12.2. The summed E-state index contributed by atoms with van der Waals surface area (Å²) in [7, 11) is 0. The van der Waals surface area contributed by atoms with Crippen molar-refractivity contribution in [3.05, 3.63) is 51.7 Å². The quantitative estimate of drug-likeness (QED) is 0.755. The smallest absolute Gasteiger partial charge is 0.263 e. The van der Waals surface area contributed by atoms with E-state index in [0.717, 1.165) is 20.1 Å². The fourth-order valence-electron chi connectivity index (χ4n) is 1.91. The number of halogens is 1. The summed E-state index contributed by atoms with van der Waals surface area (Å²) >= 11 is 4.81. The maximum absolute atomic E-state index is 12.2. The monoisotopic (exact) mass is 350 g/mol. The van der Waals surface area contributed by atoms with Crippen molar-refractivity contribution >= 4 is 48.9 Å². The summed E-state index contributed by atoms with van der Waals surface area (Å²) in [4.78, 5) is 12.7. The van der Waals surface area contributed by atoms with Crippen molar-refractivity contribution in [2.24, 2.45) is 0 Å². The van der Waals surface area contributed by atoms with Crippen LogP contribution in [0, 0.1) is 0 Å². The molecule has 0 aliphatic carbocycles. The molecule has 6 heteroatoms. The van der Waals surface area contributed by atoms with Crippen molar-refractivity contribution in [1.82, 2.24) is 5.32 Å². The van der Waals surface area contributed by atoms with Crippen molar-refractivity contribution in [2.75, 3.05) is 5.73 Å². The van der Waals surface area contributed by atoms with Gasteiger partial charge in [-0.3, -0.25) is 4.79 Å². The first-order valence-corrected chi connectivity index (χ1v) is 7.53. The van der Waals surface area contributed by atoms with E-state index in [1.807, 2.05) is 24.3 Å². The second-order valence-corrected chi connectivity index (χ2v) is 6.27. The topological polar surface area (TPSA) is 68.3 Å². The third kappa shape index (κ3) is 2.44. The number of fused-ring (bicyclic) bond motifs is 1. The number of hydrogen-bond acceptors (Lipinski definition) is 4. The summed E-state index contributed by atoms with van der Waals surface area (Å²) in [5.41, 5.74) is 7.50. The Morgan fingerprint density at radius 1 is 1.40 bits per heavy atom. The van der Waals surface area contributed by atoms with Gasteiger partial charge in [0.15, 0.2) is 0 Å². The Kier molecular flexibility index (Phi) is 3.50. The molecule has 0 radical (unpaired) electrons. The van der Waals surface area contributed by atoms with Gasteiger partial charge in [-0.1, -0.05) is 22.0 Å². The second-order valence-electron chi connectivity index (χ2n) is 4.30. The van der Waals surface area contributed by atoms with Crippen molar-refractivity contribution in [2.45, 2.75) is 6.54 Å². The summed E-state index contributed by atoms with van der Waals surface area (Å²) in [6.07, 6.45) is 3.18. The van der Waals surface area contributed by atoms with Gasteiger partial charge in [-0.05, 0) is 18.2 Å². The van der Waals surface area contributed by atoms with Gasteiger partial charge in [-0.2, -0.15) is 0 Å². The van der Waals surface area contributed by atoms with Crippen LogP contribution in [0.15, 0.2) is 45.7 Å². The first kappa shape index (κ1) is 13.2. The first-order chi connectivity index (χ1) is 9.65. The average Bonchev–Trinajstić information content (AvgIpc) is 3.04. The molecular weight excluding hydrogens is 340 g/mol. The van der Waals surface area contributed by atoms with Crippen molar-refractivity contribution in [3.63, 3.8) is 0 Å². The van der Waals surface area contributed by atoms with E-state index in [4.69, 9.17) is 10.2 Å². The van der Waals surface area contributed by atoms with E-state index in [9.17, 15) is 4.79 Å². The highest BCUT2D eigenvalue weighted by Gasteiger charge is 2.16. The molecule has 102 valence electrons. The summed E-state index contributed by atoms with van der Waals surface area (Å²) in [5.74, 6) is -0.166. The Balaban J connectivity index is 1.85. The normalized spacial score (nSPS) is 10.8. The number of rotatable bonds is 3. The number of amides is 1. The molecule has 2 aromatic heterocycles. The average molecular weight is 351 g/mol. The van der Waals surface area contributed by atoms with Crippen LogP contribution < -0.4 is 11.1 Å². The number of furan rings is 1. The van der Waals surface area contributed by atoms with Crippen LogP contribution in [0.1, 0.15) is 15.2 Å². The third-order valence-corrected chi connectivity index (χ3v) is 4.59. The molecule has 0 unspecified atom stereocenters. The molecule has 20 heavy (non-hydrogen) atoms. The van der Waals surface area contributed by atoms with E-state index in [1.165, 1.54) is 11.3 Å². The number of carbonyl (C=O) groups is 1. The van der Waals surface area contributed by atoms with Gasteiger partial charge in [0.05, 0.1) is 18.2 Å². The Labute approximate surface area is 127 Å². The molecule has 1 amide bonds. The molecule has 4 nitrogen and oxygen atoms in total. The minimum absolute atomic E-state index is 0.166. The number of anilines is 1. The molecular formula is C14H11BrN2O2S. The number of benzene rings is 1. The molecule has 0 bridgehead atoms. The van der Waals surface area contributed by atoms with Gasteiger partial charge in [0, 0.05) is 26.7 Å². The molecule has 0 saturated carbocycles. The molecule has 0 atom stereocenters. The van der Waals surface area contributed by atoms with Crippen LogP contribution in [0.2, 0.25) is 0 Å². The predicted octanol–water partition coefficient (Wildman–Crippen LogP) is 3.77. The molecule has 0 aliphatic heterocycles. The molecule has 0 aliphatic rings. The minimum Gasteiger partial charge on any atom is -0.472 e. The van der Waals surface area contributed by atoms with E-state index in [-0.39, 0.29) is 5.91 Å². The number of hydrogen-bond donors (Lipinski definition) is 2. The number of carbonyl (C=O) groups excluding carboxylic acids is 1. The van der Waals surface area contributed by atoms with Crippen LogP contribution in [0.3, 0.4) is 0 Å². The lowest BCUT2D eigenvalue weighted by Gasteiger charge is -2.02. The zero-order chi connectivity index (χ0) is 14.1. The Hall–Kier alpha value is -1.79. The Morgan fingerprint density at radius 2 is 2.25 bits per heavy atom. The van der Waals surface area contributed by atoms with Crippen molar-refractivity contribution in [1.29, 1.82) is 0 Å². The van der Waals surface area contributed by atoms with E-state index >= 15 is 0 Å². The Morgan fingerprint density at radius 3 is 3.00 bits per heavy atom. The number of thiophene rings is 1. The highest BCUT2D eigenvalue weighted by atomic mass is 79.9. The van der Waals surface area contributed by atoms with Crippen LogP contribution in [0.25, 0.3) is 10.1 Å². The molecule has 3 N–H and O–H groups in total. The van der Waals surface area contributed by atoms with Crippen LogP contribution in [0.4, 0.5) is 5.69 Å². The molecule has 2 heterocycles. The number of nitrogens with one attached hydrogen (secondary N) is 1. The van der Waals surface area contributed by atoms with Gasteiger partial charge in [0.1, 0.15) is 4.88 Å². The fraction of sp³-hybridized carbons (Fsp3) is 0.0714. The zero-order valence-corrected chi connectivity index (χ0v) is 12.8. The van der Waals surface area contributed by atoms with E-state index < -0.39 is 0 Å². The number of nitrogens with two attached hydrogens (primary N) is 1. The summed E-state index contributed by atoms with van der Waals surface area (Å²) < 4.78 is 6.92. The fourth-order valence-corrected chi connectivity index (χ4v) is 3.51. The molecule has 0 spiro atoms. The molecule has 3 aromatic rings. The van der Waals surface area contributed by atoms with Crippen molar-refractivity contribution < 1.29 is 9.21 Å². The second kappa shape index (κ2) is 5.30. The SMILES string of the molecule is Nc1c(C(=O)NCc2ccoc2)sc2cc(Br)ccc12. The summed E-state index contributed by atoms with van der Waals surface area (Å²) in [6, 6.07) is 7.60. The van der Waals surface area contributed by atoms with E-state index in [2.05, 4.69) is 21.2 Å². The van der Waals surface area contributed by atoms with Gasteiger partial charge in [0.2, 0.25) is 0 Å². The number of nitrogen functional groups attached to an aromatic ring is 1. The van der Waals surface area contributed by atoms with E-state index in [0.29, 0.717) is 17.1 Å². The highest BCUT2D eigenvalue weighted by molar-refractivity contribution is 9.10. The summed E-state index contributed by atoms with van der Waals surface area (Å²) in [6.45, 7) is 0.423. The van der Waals surface area contributed by atoms with Crippen LogP contribution >= 0.6 is 27.3 Å². The predicted molar refractivity (Wildman–Crippen MR) is 83.8 cm³/mol. The molecule has 0 fully saturated rings. The van der Waals surface area contributed by atoms with Gasteiger partial charge in [0.25, 0.3) is 5.91 Å². The van der Waals surface area contributed by atoms with Gasteiger partial charge in [-0.15, -0.1) is 11.3 Å². The summed E-state index contributed by atoms with van der Waals surface area (Å²) in [5, 5.41) is 3.75. The zero-order valence-electron chi connectivity index (χ0n) is 10.4. The lowest BCUT2D eigenvalue weighted by Crippen LogP contribution is -2.22.